The van der Waals surface area contributed by atoms with Crippen LogP contribution >= 0.6 is 23.2 Å². The van der Waals surface area contributed by atoms with Gasteiger partial charge in [0.1, 0.15) is 4.90 Å². The van der Waals surface area contributed by atoms with E-state index in [-0.39, 0.29) is 20.6 Å². The number of para-hydroxylation sites is 1. The lowest BCUT2D eigenvalue weighted by Gasteiger charge is -2.12. The molecule has 0 aromatic heterocycles. The van der Waals surface area contributed by atoms with Crippen LogP contribution < -0.4 is 15.8 Å². The zero-order valence-electron chi connectivity index (χ0n) is 11.0. The molecule has 0 radical (unpaired) electrons. The van der Waals surface area contributed by atoms with Gasteiger partial charge < -0.3 is 10.6 Å². The third-order valence-corrected chi connectivity index (χ3v) is 4.41. The molecule has 2 amide bonds. The van der Waals surface area contributed by atoms with Crippen LogP contribution in [0, 0.1) is 0 Å². The van der Waals surface area contributed by atoms with Crippen molar-refractivity contribution in [3.05, 3.63) is 52.5 Å². The number of nitrogens with one attached hydrogen (secondary N) is 2. The third-order valence-electron chi connectivity index (χ3n) is 2.63. The second-order valence-electron chi connectivity index (χ2n) is 4.22. The van der Waals surface area contributed by atoms with E-state index in [1.807, 2.05) is 0 Å². The van der Waals surface area contributed by atoms with Crippen LogP contribution in [0.3, 0.4) is 0 Å². The number of primary sulfonamides is 1. The summed E-state index contributed by atoms with van der Waals surface area (Å²) in [5.74, 6) is 0. The van der Waals surface area contributed by atoms with Crippen LogP contribution in [0.5, 0.6) is 0 Å². The third kappa shape index (κ3) is 3.89. The Morgan fingerprint density at radius 2 is 1.64 bits per heavy atom. The van der Waals surface area contributed by atoms with Crippen molar-refractivity contribution in [1.82, 2.24) is 0 Å². The van der Waals surface area contributed by atoms with Gasteiger partial charge in [0.2, 0.25) is 10.0 Å². The summed E-state index contributed by atoms with van der Waals surface area (Å²) in [6.07, 6.45) is 0. The first-order valence-corrected chi connectivity index (χ1v) is 8.23. The maximum atomic E-state index is 11.9. The summed E-state index contributed by atoms with van der Waals surface area (Å²) in [6.45, 7) is 0. The maximum Gasteiger partial charge on any atom is 0.323 e. The second-order valence-corrected chi connectivity index (χ2v) is 6.54. The number of rotatable bonds is 3. The van der Waals surface area contributed by atoms with Gasteiger partial charge in [-0.05, 0) is 24.3 Å². The van der Waals surface area contributed by atoms with Gasteiger partial charge in [0.15, 0.2) is 0 Å². The second kappa shape index (κ2) is 6.53. The van der Waals surface area contributed by atoms with E-state index in [1.165, 1.54) is 12.1 Å². The van der Waals surface area contributed by atoms with Crippen LogP contribution in [0.15, 0.2) is 47.4 Å². The summed E-state index contributed by atoms with van der Waals surface area (Å²) in [4.78, 5) is 11.6. The zero-order chi connectivity index (χ0) is 16.3. The van der Waals surface area contributed by atoms with Crippen LogP contribution in [0.4, 0.5) is 16.2 Å². The summed E-state index contributed by atoms with van der Waals surface area (Å²) < 4.78 is 22.8. The molecule has 2 rings (SSSR count). The Kier molecular flexibility index (Phi) is 4.92. The lowest BCUT2D eigenvalue weighted by Crippen LogP contribution is -2.21. The van der Waals surface area contributed by atoms with Crippen LogP contribution in [0.2, 0.25) is 10.0 Å². The van der Waals surface area contributed by atoms with Gasteiger partial charge >= 0.3 is 6.03 Å². The molecule has 0 aliphatic carbocycles. The molecule has 0 aliphatic rings. The van der Waals surface area contributed by atoms with E-state index in [4.69, 9.17) is 28.3 Å². The fourth-order valence-electron chi connectivity index (χ4n) is 1.67. The zero-order valence-corrected chi connectivity index (χ0v) is 13.3. The molecule has 0 unspecified atom stereocenters. The van der Waals surface area contributed by atoms with Crippen LogP contribution in [-0.2, 0) is 10.0 Å². The van der Waals surface area contributed by atoms with Gasteiger partial charge in [-0.2, -0.15) is 0 Å². The molecule has 0 atom stereocenters. The number of amides is 2. The molecule has 0 saturated carbocycles. The predicted octanol–water partition coefficient (Wildman–Crippen LogP) is 3.28. The van der Waals surface area contributed by atoms with Gasteiger partial charge in [0, 0.05) is 5.69 Å². The van der Waals surface area contributed by atoms with Gasteiger partial charge in [-0.3, -0.25) is 0 Å². The Balaban J connectivity index is 2.28. The van der Waals surface area contributed by atoms with Crippen LogP contribution in [-0.4, -0.2) is 14.4 Å². The van der Waals surface area contributed by atoms with E-state index >= 15 is 0 Å². The van der Waals surface area contributed by atoms with Gasteiger partial charge in [0.25, 0.3) is 0 Å². The van der Waals surface area contributed by atoms with E-state index in [0.29, 0.717) is 5.69 Å². The molecule has 22 heavy (non-hydrogen) atoms. The average molecular weight is 360 g/mol. The highest BCUT2D eigenvalue weighted by molar-refractivity contribution is 7.89. The number of hydrogen-bond acceptors (Lipinski definition) is 3. The summed E-state index contributed by atoms with van der Waals surface area (Å²) >= 11 is 11.9. The molecule has 0 spiro atoms. The van der Waals surface area contributed by atoms with Crippen molar-refractivity contribution in [3.8, 4) is 0 Å². The van der Waals surface area contributed by atoms with Gasteiger partial charge in [-0.1, -0.05) is 41.4 Å². The topological polar surface area (TPSA) is 101 Å². The number of carbonyl (C=O) groups is 1. The molecular weight excluding hydrogens is 349 g/mol. The van der Waals surface area contributed by atoms with E-state index < -0.39 is 16.1 Å². The molecule has 4 N–H and O–H groups in total. The molecule has 0 heterocycles. The van der Waals surface area contributed by atoms with Crippen LogP contribution in [0.25, 0.3) is 0 Å². The summed E-state index contributed by atoms with van der Waals surface area (Å²) in [6, 6.07) is 10.5. The first-order valence-electron chi connectivity index (χ1n) is 5.93. The van der Waals surface area contributed by atoms with Crippen LogP contribution in [0.1, 0.15) is 0 Å². The summed E-state index contributed by atoms with van der Waals surface area (Å²) in [5, 5.41) is 9.84. The highest BCUT2D eigenvalue weighted by Crippen LogP contribution is 2.35. The van der Waals surface area contributed by atoms with E-state index in [0.717, 1.165) is 0 Å². The average Bonchev–Trinajstić information content (AvgIpc) is 2.43. The number of halogens is 2. The monoisotopic (exact) mass is 359 g/mol. The molecule has 9 heteroatoms. The fraction of sp³-hybridized carbons (Fsp3) is 0. The summed E-state index contributed by atoms with van der Waals surface area (Å²) in [7, 11) is -4.03. The first-order chi connectivity index (χ1) is 10.3. The molecule has 0 bridgehead atoms. The maximum absolute atomic E-state index is 11.9. The van der Waals surface area contributed by atoms with Crippen molar-refractivity contribution < 1.29 is 13.2 Å². The highest BCUT2D eigenvalue weighted by Gasteiger charge is 2.19. The highest BCUT2D eigenvalue weighted by atomic mass is 35.5. The number of benzene rings is 2. The van der Waals surface area contributed by atoms with Crippen molar-refractivity contribution in [1.29, 1.82) is 0 Å². The Labute approximate surface area is 137 Å². The molecule has 2 aromatic rings. The van der Waals surface area contributed by atoms with Crippen molar-refractivity contribution in [2.45, 2.75) is 4.90 Å². The van der Waals surface area contributed by atoms with Crippen molar-refractivity contribution >= 4 is 50.6 Å². The largest absolute Gasteiger partial charge is 0.323 e. The number of sulfonamides is 1. The molecule has 0 aliphatic heterocycles. The number of anilines is 2. The molecule has 0 fully saturated rings. The van der Waals surface area contributed by atoms with Crippen molar-refractivity contribution in [3.63, 3.8) is 0 Å². The quantitative estimate of drug-likeness (QED) is 0.783. The number of hydrogen-bond donors (Lipinski definition) is 3. The molecule has 6 nitrogen and oxygen atoms in total. The normalized spacial score (nSPS) is 11.0. The minimum Gasteiger partial charge on any atom is -0.308 e. The van der Waals surface area contributed by atoms with Gasteiger partial charge in [0.05, 0.1) is 15.7 Å². The Hall–Kier alpha value is -1.80. The standard InChI is InChI=1S/C13H11Cl2N3O3S/c14-9-6-7-10(22(16,20)21)11(15)12(9)18-13(19)17-8-4-2-1-3-5-8/h1-7H,(H2,16,20,21)(H2,17,18,19). The minimum atomic E-state index is -4.03. The Bertz CT molecular complexity index is 811. The molecule has 116 valence electrons. The number of carbonyl (C=O) groups excluding carboxylic acids is 1. The Morgan fingerprint density at radius 1 is 1.00 bits per heavy atom. The van der Waals surface area contributed by atoms with Crippen molar-refractivity contribution in [2.24, 2.45) is 5.14 Å². The van der Waals surface area contributed by atoms with Gasteiger partial charge in [-0.25, -0.2) is 18.4 Å². The Morgan fingerprint density at radius 3 is 2.23 bits per heavy atom. The lowest BCUT2D eigenvalue weighted by molar-refractivity contribution is 0.262. The fourth-order valence-corrected chi connectivity index (χ4v) is 3.06. The number of urea groups is 1. The smallest absolute Gasteiger partial charge is 0.308 e. The molecule has 2 aromatic carbocycles. The van der Waals surface area contributed by atoms with E-state index in [2.05, 4.69) is 10.6 Å². The lowest BCUT2D eigenvalue weighted by atomic mass is 10.3. The molecule has 0 saturated heterocycles. The number of nitrogens with two attached hydrogens (primary N) is 1. The van der Waals surface area contributed by atoms with Crippen molar-refractivity contribution in [2.75, 3.05) is 10.6 Å². The SMILES string of the molecule is NS(=O)(=O)c1ccc(Cl)c(NC(=O)Nc2ccccc2)c1Cl. The predicted molar refractivity (Wildman–Crippen MR) is 86.9 cm³/mol. The van der Waals surface area contributed by atoms with Gasteiger partial charge in [-0.15, -0.1) is 0 Å². The minimum absolute atomic E-state index is 0.0386. The van der Waals surface area contributed by atoms with E-state index in [1.54, 1.807) is 30.3 Å². The first kappa shape index (κ1) is 16.6. The van der Waals surface area contributed by atoms with E-state index in [9.17, 15) is 13.2 Å². The molecular formula is C13H11Cl2N3O3S. The summed E-state index contributed by atoms with van der Waals surface area (Å²) in [5.41, 5.74) is 0.512.